The molecule has 0 atom stereocenters. The Morgan fingerprint density at radius 3 is 2.93 bits per heavy atom. The Hall–Kier alpha value is -2.52. The number of halogens is 1. The number of rotatable bonds is 5. The van der Waals surface area contributed by atoms with E-state index in [0.29, 0.717) is 6.54 Å². The number of hydrogen-bond acceptors (Lipinski definition) is 7. The van der Waals surface area contributed by atoms with Crippen LogP contribution in [0.3, 0.4) is 0 Å². The molecule has 3 rings (SSSR count). The molecule has 1 amide bonds. The van der Waals surface area contributed by atoms with Gasteiger partial charge in [0, 0.05) is 12.6 Å². The number of carbonyl (C=O) groups excluding carboxylic acids is 2. The lowest BCUT2D eigenvalue weighted by atomic mass is 10.1. The quantitative estimate of drug-likeness (QED) is 0.360. The molecule has 0 aliphatic carbocycles. The van der Waals surface area contributed by atoms with Gasteiger partial charge in [-0.2, -0.15) is 5.10 Å². The first-order chi connectivity index (χ1) is 13.0. The number of nitrogens with one attached hydrogen (secondary N) is 1. The fraction of sp³-hybridized carbons (Fsp3) is 0.333. The largest absolute Gasteiger partial charge is 0.466 e. The van der Waals surface area contributed by atoms with Crippen molar-refractivity contribution in [2.45, 2.75) is 19.4 Å². The van der Waals surface area contributed by atoms with Gasteiger partial charge in [-0.25, -0.2) is 9.18 Å². The number of carbonyl (C=O) groups is 2. The van der Waals surface area contributed by atoms with Gasteiger partial charge in [0.15, 0.2) is 5.17 Å². The molecular weight excluding hydrogens is 371 g/mol. The van der Waals surface area contributed by atoms with E-state index in [9.17, 15) is 14.0 Å². The number of likely N-dealkylation sites (tertiary alicyclic amines) is 1. The highest BCUT2D eigenvalue weighted by Crippen LogP contribution is 2.23. The molecule has 1 aromatic carbocycles. The van der Waals surface area contributed by atoms with Crippen molar-refractivity contribution < 1.29 is 18.7 Å². The van der Waals surface area contributed by atoms with Crippen LogP contribution in [0.25, 0.3) is 0 Å². The van der Waals surface area contributed by atoms with Crippen LogP contribution in [-0.2, 0) is 20.9 Å². The summed E-state index contributed by atoms with van der Waals surface area (Å²) in [6.45, 7) is 2.67. The lowest BCUT2D eigenvalue weighted by Crippen LogP contribution is -2.20. The highest BCUT2D eigenvalue weighted by molar-refractivity contribution is 8.18. The molecule has 7 nitrogen and oxygen atoms in total. The summed E-state index contributed by atoms with van der Waals surface area (Å²) in [7, 11) is 1.23. The predicted molar refractivity (Wildman–Crippen MR) is 102 cm³/mol. The van der Waals surface area contributed by atoms with E-state index >= 15 is 0 Å². The molecule has 0 saturated carbocycles. The molecule has 1 N–H and O–H groups in total. The summed E-state index contributed by atoms with van der Waals surface area (Å²) < 4.78 is 18.1. The average molecular weight is 390 g/mol. The van der Waals surface area contributed by atoms with E-state index in [-0.39, 0.29) is 15.9 Å². The number of ether oxygens (including phenoxy) is 1. The second-order valence-electron chi connectivity index (χ2n) is 6.06. The van der Waals surface area contributed by atoms with Crippen LogP contribution < -0.4 is 5.32 Å². The molecule has 0 spiro atoms. The number of esters is 1. The summed E-state index contributed by atoms with van der Waals surface area (Å²) in [5.41, 5.74) is 1.61. The van der Waals surface area contributed by atoms with Crippen molar-refractivity contribution in [1.29, 1.82) is 0 Å². The lowest BCUT2D eigenvalue weighted by molar-refractivity contribution is -0.135. The number of thioether (sulfide) groups is 1. The molecule has 2 aliphatic heterocycles. The number of benzene rings is 1. The lowest BCUT2D eigenvalue weighted by Gasteiger charge is -2.16. The van der Waals surface area contributed by atoms with E-state index < -0.39 is 11.9 Å². The Bertz CT molecular complexity index is 832. The van der Waals surface area contributed by atoms with Crippen LogP contribution in [-0.4, -0.2) is 48.4 Å². The van der Waals surface area contributed by atoms with E-state index in [2.05, 4.69) is 25.2 Å². The van der Waals surface area contributed by atoms with Crippen LogP contribution in [0.1, 0.15) is 24.0 Å². The minimum absolute atomic E-state index is 0.187. The first-order valence-electron chi connectivity index (χ1n) is 8.46. The summed E-state index contributed by atoms with van der Waals surface area (Å²) in [6.07, 6.45) is 4.95. The Kier molecular flexibility index (Phi) is 6.36. The van der Waals surface area contributed by atoms with Crippen molar-refractivity contribution >= 4 is 35.0 Å². The maximum Gasteiger partial charge on any atom is 0.331 e. The molecule has 2 fully saturated rings. The number of methoxy groups -OCH3 is 1. The molecule has 2 saturated heterocycles. The van der Waals surface area contributed by atoms with Crippen molar-refractivity contribution in [3.63, 3.8) is 0 Å². The van der Waals surface area contributed by atoms with E-state index in [4.69, 9.17) is 0 Å². The van der Waals surface area contributed by atoms with Crippen LogP contribution in [0, 0.1) is 5.82 Å². The van der Waals surface area contributed by atoms with Gasteiger partial charge in [0.2, 0.25) is 0 Å². The van der Waals surface area contributed by atoms with Crippen molar-refractivity contribution in [2.75, 3.05) is 20.2 Å². The standard InChI is InChI=1S/C18H19FN4O3S/c1-26-16(24)9-15-17(25)21-18(27-15)22-20-10-12-4-5-14(19)8-13(12)11-23-6-2-3-7-23/h4-5,8-10H,2-3,6-7,11H2,1H3,(H,21,22,25)/b15-9+,20-10?. The summed E-state index contributed by atoms with van der Waals surface area (Å²) in [6, 6.07) is 4.55. The summed E-state index contributed by atoms with van der Waals surface area (Å²) in [5, 5.41) is 10.7. The highest BCUT2D eigenvalue weighted by Gasteiger charge is 2.25. The molecule has 0 unspecified atom stereocenters. The van der Waals surface area contributed by atoms with Gasteiger partial charge in [0.05, 0.1) is 18.2 Å². The Morgan fingerprint density at radius 2 is 2.19 bits per heavy atom. The zero-order chi connectivity index (χ0) is 19.2. The molecule has 27 heavy (non-hydrogen) atoms. The summed E-state index contributed by atoms with van der Waals surface area (Å²) in [4.78, 5) is 25.5. The normalized spacial score (nSPS) is 20.7. The third-order valence-electron chi connectivity index (χ3n) is 4.14. The van der Waals surface area contributed by atoms with Gasteiger partial charge in [-0.3, -0.25) is 15.0 Å². The van der Waals surface area contributed by atoms with Crippen LogP contribution in [0.4, 0.5) is 4.39 Å². The SMILES string of the molecule is COC(=O)/C=C1/S/C(=N\N=Cc2ccc(F)cc2CN2CCCC2)NC1=O. The first-order valence-corrected chi connectivity index (χ1v) is 9.27. The Labute approximate surface area is 160 Å². The molecule has 142 valence electrons. The summed E-state index contributed by atoms with van der Waals surface area (Å²) >= 11 is 0.998. The molecular formula is C18H19FN4O3S. The fourth-order valence-electron chi connectivity index (χ4n) is 2.80. The molecule has 0 radical (unpaired) electrons. The maximum atomic E-state index is 13.6. The molecule has 2 aliphatic rings. The first kappa shape index (κ1) is 19.2. The predicted octanol–water partition coefficient (Wildman–Crippen LogP) is 2.03. The van der Waals surface area contributed by atoms with Gasteiger partial charge < -0.3 is 4.74 Å². The van der Waals surface area contributed by atoms with E-state index in [0.717, 1.165) is 54.9 Å². The van der Waals surface area contributed by atoms with Gasteiger partial charge in [-0.15, -0.1) is 5.10 Å². The topological polar surface area (TPSA) is 83.4 Å². The minimum atomic E-state index is -0.615. The average Bonchev–Trinajstić information content (AvgIpc) is 3.27. The summed E-state index contributed by atoms with van der Waals surface area (Å²) in [5.74, 6) is -1.34. The van der Waals surface area contributed by atoms with Crippen LogP contribution in [0.5, 0.6) is 0 Å². The zero-order valence-electron chi connectivity index (χ0n) is 14.8. The Balaban J connectivity index is 1.71. The van der Waals surface area contributed by atoms with Crippen molar-refractivity contribution in [3.05, 3.63) is 46.1 Å². The molecule has 1 aromatic rings. The smallest absolute Gasteiger partial charge is 0.331 e. The van der Waals surface area contributed by atoms with E-state index in [1.807, 2.05) is 0 Å². The van der Waals surface area contributed by atoms with Crippen molar-refractivity contribution in [3.8, 4) is 0 Å². The van der Waals surface area contributed by atoms with Gasteiger partial charge >= 0.3 is 5.97 Å². The number of amides is 1. The van der Waals surface area contributed by atoms with E-state index in [1.54, 1.807) is 6.07 Å². The van der Waals surface area contributed by atoms with Gasteiger partial charge in [0.1, 0.15) is 5.82 Å². The molecule has 2 heterocycles. The van der Waals surface area contributed by atoms with Crippen LogP contribution in [0.15, 0.2) is 39.4 Å². The van der Waals surface area contributed by atoms with Gasteiger partial charge in [-0.1, -0.05) is 6.07 Å². The second-order valence-corrected chi connectivity index (χ2v) is 7.09. The molecule has 0 bridgehead atoms. The van der Waals surface area contributed by atoms with Gasteiger partial charge in [-0.05, 0) is 61.0 Å². The van der Waals surface area contributed by atoms with Gasteiger partial charge in [0.25, 0.3) is 5.91 Å². The third-order valence-corrected chi connectivity index (χ3v) is 5.04. The molecule has 9 heteroatoms. The minimum Gasteiger partial charge on any atom is -0.466 e. The van der Waals surface area contributed by atoms with Crippen molar-refractivity contribution in [1.82, 2.24) is 10.2 Å². The monoisotopic (exact) mass is 390 g/mol. The van der Waals surface area contributed by atoms with Crippen molar-refractivity contribution in [2.24, 2.45) is 10.2 Å². The molecule has 0 aromatic heterocycles. The number of hydrogen-bond donors (Lipinski definition) is 1. The number of amidine groups is 1. The van der Waals surface area contributed by atoms with Crippen LogP contribution in [0.2, 0.25) is 0 Å². The number of nitrogens with zero attached hydrogens (tertiary/aromatic N) is 3. The zero-order valence-corrected chi connectivity index (χ0v) is 15.6. The van der Waals surface area contributed by atoms with E-state index in [1.165, 1.54) is 25.5 Å². The third kappa shape index (κ3) is 5.24. The fourth-order valence-corrected chi connectivity index (χ4v) is 3.54. The van der Waals surface area contributed by atoms with Crippen LogP contribution >= 0.6 is 11.8 Å². The highest BCUT2D eigenvalue weighted by atomic mass is 32.2. The Morgan fingerprint density at radius 1 is 1.41 bits per heavy atom. The second kappa shape index (κ2) is 8.92. The maximum absolute atomic E-state index is 13.6.